The van der Waals surface area contributed by atoms with Crippen molar-refractivity contribution in [1.29, 1.82) is 0 Å². The van der Waals surface area contributed by atoms with Crippen molar-refractivity contribution in [2.24, 2.45) is 0 Å². The summed E-state index contributed by atoms with van der Waals surface area (Å²) in [6, 6.07) is 19.5. The number of nitrogens with one attached hydrogen (secondary N) is 1. The van der Waals surface area contributed by atoms with Crippen LogP contribution in [0.5, 0.6) is 0 Å². The summed E-state index contributed by atoms with van der Waals surface area (Å²) in [4.78, 5) is 13.1. The Hall–Kier alpha value is -2.34. The molecule has 0 aliphatic rings. The number of nitrogens with zero attached hydrogens (tertiary/aromatic N) is 3. The van der Waals surface area contributed by atoms with Gasteiger partial charge in [0, 0.05) is 27.5 Å². The van der Waals surface area contributed by atoms with Crippen molar-refractivity contribution in [2.45, 2.75) is 12.8 Å². The summed E-state index contributed by atoms with van der Waals surface area (Å²) in [6.45, 7) is 0.285. The third-order valence-corrected chi connectivity index (χ3v) is 7.52. The zero-order chi connectivity index (χ0) is 25.7. The van der Waals surface area contributed by atoms with E-state index in [0.717, 1.165) is 27.2 Å². The van der Waals surface area contributed by atoms with Crippen LogP contribution in [0, 0.1) is 0 Å². The Morgan fingerprint density at radius 3 is 2.58 bits per heavy atom. The van der Waals surface area contributed by atoms with Crippen molar-refractivity contribution in [3.8, 4) is 0 Å². The van der Waals surface area contributed by atoms with E-state index < -0.39 is 17.2 Å². The van der Waals surface area contributed by atoms with Crippen LogP contribution in [-0.4, -0.2) is 30.0 Å². The smallest absolute Gasteiger partial charge is 0.253 e. The van der Waals surface area contributed by atoms with Gasteiger partial charge in [0.05, 0.1) is 34.2 Å². The Morgan fingerprint density at radius 1 is 1.08 bits per heavy atom. The lowest BCUT2D eigenvalue weighted by molar-refractivity contribution is 0.0955. The highest BCUT2D eigenvalue weighted by Crippen LogP contribution is 2.34. The van der Waals surface area contributed by atoms with Gasteiger partial charge in [0.25, 0.3) is 5.91 Å². The molecule has 1 heterocycles. The fourth-order valence-corrected chi connectivity index (χ4v) is 5.57. The van der Waals surface area contributed by atoms with Gasteiger partial charge in [-0.05, 0) is 47.9 Å². The van der Waals surface area contributed by atoms with E-state index in [1.54, 1.807) is 36.4 Å². The molecule has 0 radical (unpaired) electrons. The van der Waals surface area contributed by atoms with E-state index in [0.29, 0.717) is 33.1 Å². The van der Waals surface area contributed by atoms with E-state index in [1.807, 2.05) is 30.3 Å². The van der Waals surface area contributed by atoms with Crippen molar-refractivity contribution in [2.75, 3.05) is 10.8 Å². The average molecular weight is 625 g/mol. The number of hydrogen-bond acceptors (Lipinski definition) is 6. The molecule has 4 aromatic rings. The number of rotatable bonds is 9. The van der Waals surface area contributed by atoms with E-state index >= 15 is 0 Å². The van der Waals surface area contributed by atoms with Gasteiger partial charge in [-0.2, -0.15) is 8.75 Å². The summed E-state index contributed by atoms with van der Waals surface area (Å²) in [5.41, 5.74) is 2.60. The summed E-state index contributed by atoms with van der Waals surface area (Å²) < 4.78 is 35.1. The highest BCUT2D eigenvalue weighted by Gasteiger charge is 2.24. The second-order valence-electron chi connectivity index (χ2n) is 7.61. The molecule has 0 aliphatic carbocycles. The SMILES string of the molecule is O=C(NCCc1ccc(Cl)cc1Cl)c1ccc(Br)cc1N(c1nsnc1Cc1ccccc1)S(=O)[O-]. The largest absolute Gasteiger partial charge is 0.755 e. The molecule has 7 nitrogen and oxygen atoms in total. The second-order valence-corrected chi connectivity index (χ2v) is 10.7. The molecule has 186 valence electrons. The van der Waals surface area contributed by atoms with E-state index in [9.17, 15) is 13.6 Å². The molecule has 1 amide bonds. The first-order chi connectivity index (χ1) is 17.3. The number of benzene rings is 3. The van der Waals surface area contributed by atoms with Crippen molar-refractivity contribution in [1.82, 2.24) is 14.1 Å². The normalized spacial score (nSPS) is 11.8. The number of anilines is 2. The molecule has 0 spiro atoms. The molecule has 4 rings (SSSR count). The van der Waals surface area contributed by atoms with Crippen LogP contribution in [0.3, 0.4) is 0 Å². The summed E-state index contributed by atoms with van der Waals surface area (Å²) in [5, 5.41) is 3.87. The predicted octanol–water partition coefficient (Wildman–Crippen LogP) is 6.10. The molecule has 0 saturated carbocycles. The maximum atomic E-state index is 13.1. The first kappa shape index (κ1) is 26.7. The van der Waals surface area contributed by atoms with E-state index in [2.05, 4.69) is 30.0 Å². The molecule has 0 aliphatic heterocycles. The van der Waals surface area contributed by atoms with Gasteiger partial charge in [-0.15, -0.1) is 0 Å². The zero-order valence-electron chi connectivity index (χ0n) is 18.5. The summed E-state index contributed by atoms with van der Waals surface area (Å²) >= 11 is 13.7. The van der Waals surface area contributed by atoms with Crippen molar-refractivity contribution in [3.05, 3.63) is 104 Å². The average Bonchev–Trinajstić information content (AvgIpc) is 3.28. The monoisotopic (exact) mass is 623 g/mol. The molecule has 36 heavy (non-hydrogen) atoms. The van der Waals surface area contributed by atoms with Gasteiger partial charge in [0.1, 0.15) is 5.69 Å². The number of carbonyl (C=O) groups excluding carboxylic acids is 1. The summed E-state index contributed by atoms with van der Waals surface area (Å²) in [7, 11) is 0. The third kappa shape index (κ3) is 6.50. The Kier molecular flexibility index (Phi) is 9.10. The molecule has 1 aromatic heterocycles. The zero-order valence-corrected chi connectivity index (χ0v) is 23.2. The number of hydrogen-bond donors (Lipinski definition) is 1. The molecular weight excluding hydrogens is 607 g/mol. The Labute approximate surface area is 233 Å². The third-order valence-electron chi connectivity index (χ3n) is 5.21. The maximum Gasteiger partial charge on any atom is 0.253 e. The van der Waals surface area contributed by atoms with Crippen LogP contribution in [0.1, 0.15) is 27.2 Å². The maximum absolute atomic E-state index is 13.1. The minimum absolute atomic E-state index is 0.150. The molecule has 1 atom stereocenters. The standard InChI is InChI=1S/C24H19BrCl2N4O3S2/c25-17-7-9-19(24(32)28-11-10-16-6-8-18(26)14-20(16)27)22(13-17)31(36(33)34)23-21(29-35-30-23)12-15-4-2-1-3-5-15/h1-9,13-14H,10-12H2,(H,28,32)(H,33,34)/p-1. The molecule has 1 N–H and O–H groups in total. The number of aromatic nitrogens is 2. The van der Waals surface area contributed by atoms with E-state index in [1.165, 1.54) is 0 Å². The van der Waals surface area contributed by atoms with Crippen LogP contribution in [-0.2, 0) is 24.1 Å². The molecule has 1 unspecified atom stereocenters. The van der Waals surface area contributed by atoms with Crippen LogP contribution in [0.4, 0.5) is 11.5 Å². The number of halogens is 3. The Bertz CT molecular complexity index is 1410. The predicted molar refractivity (Wildman–Crippen MR) is 147 cm³/mol. The lowest BCUT2D eigenvalue weighted by atomic mass is 10.1. The molecule has 0 bridgehead atoms. The van der Waals surface area contributed by atoms with Crippen molar-refractivity contribution >= 4 is 79.5 Å². The van der Waals surface area contributed by atoms with E-state index in [-0.39, 0.29) is 23.6 Å². The lowest BCUT2D eigenvalue weighted by Crippen LogP contribution is -2.29. The molecule has 3 aromatic carbocycles. The fourth-order valence-electron chi connectivity index (χ4n) is 3.52. The number of carbonyl (C=O) groups is 1. The quantitative estimate of drug-likeness (QED) is 0.227. The Morgan fingerprint density at radius 2 is 1.86 bits per heavy atom. The highest BCUT2D eigenvalue weighted by molar-refractivity contribution is 9.10. The van der Waals surface area contributed by atoms with E-state index in [4.69, 9.17) is 23.2 Å². The van der Waals surface area contributed by atoms with Crippen LogP contribution in [0.2, 0.25) is 10.0 Å². The summed E-state index contributed by atoms with van der Waals surface area (Å²) in [6.07, 6.45) is 0.861. The molecule has 0 saturated heterocycles. The first-order valence-electron chi connectivity index (χ1n) is 10.6. The van der Waals surface area contributed by atoms with Crippen LogP contribution < -0.4 is 9.62 Å². The van der Waals surface area contributed by atoms with Gasteiger partial charge in [-0.25, -0.2) is 0 Å². The highest BCUT2D eigenvalue weighted by atomic mass is 79.9. The first-order valence-corrected chi connectivity index (χ1v) is 13.9. The Balaban J connectivity index is 1.60. The van der Waals surface area contributed by atoms with Crippen LogP contribution in [0.15, 0.2) is 71.2 Å². The molecule has 0 fully saturated rings. The minimum Gasteiger partial charge on any atom is -0.755 e. The van der Waals surface area contributed by atoms with Gasteiger partial charge >= 0.3 is 0 Å². The molecular formula is C24H18BrCl2N4O3S2-. The molecule has 12 heteroatoms. The van der Waals surface area contributed by atoms with Gasteiger partial charge in [-0.1, -0.05) is 75.5 Å². The van der Waals surface area contributed by atoms with Gasteiger partial charge in [0.2, 0.25) is 0 Å². The summed E-state index contributed by atoms with van der Waals surface area (Å²) in [5.74, 6) is -0.289. The van der Waals surface area contributed by atoms with Crippen molar-refractivity contribution in [3.63, 3.8) is 0 Å². The van der Waals surface area contributed by atoms with Crippen LogP contribution >= 0.6 is 50.9 Å². The number of amides is 1. The van der Waals surface area contributed by atoms with Crippen molar-refractivity contribution < 1.29 is 13.6 Å². The lowest BCUT2D eigenvalue weighted by Gasteiger charge is -2.27. The fraction of sp³-hybridized carbons (Fsp3) is 0.125. The second kappa shape index (κ2) is 12.3. The van der Waals surface area contributed by atoms with Gasteiger partial charge in [-0.3, -0.25) is 13.3 Å². The van der Waals surface area contributed by atoms with Gasteiger partial charge in [0.15, 0.2) is 5.82 Å². The minimum atomic E-state index is -2.77. The van der Waals surface area contributed by atoms with Gasteiger partial charge < -0.3 is 9.87 Å². The van der Waals surface area contributed by atoms with Crippen LogP contribution in [0.25, 0.3) is 0 Å². The topological polar surface area (TPSA) is 98.2 Å².